The van der Waals surface area contributed by atoms with E-state index in [4.69, 9.17) is 18.6 Å². The Morgan fingerprint density at radius 1 is 1.56 bits per heavy atom. The Bertz CT molecular complexity index is 45.4. The van der Waals surface area contributed by atoms with Gasteiger partial charge in [-0.1, -0.05) is 0 Å². The number of halogens is 1. The topological polar surface area (TPSA) is 125 Å². The number of nitrogens with two attached hydrogens (primary N) is 1. The van der Waals surface area contributed by atoms with Crippen LogP contribution in [0, 0.1) is 10.2 Å². The van der Waals surface area contributed by atoms with Gasteiger partial charge in [0.05, 0.1) is 21.5 Å². The number of hydrogen-bond donors (Lipinski definition) is 2. The van der Waals surface area contributed by atoms with E-state index in [1.807, 2.05) is 6.92 Å². The quantitative estimate of drug-likeness (QED) is 0.376. The van der Waals surface area contributed by atoms with Gasteiger partial charge < -0.3 is 4.84 Å². The van der Waals surface area contributed by atoms with Crippen LogP contribution in [0.25, 0.3) is 0 Å². The van der Waals surface area contributed by atoms with Gasteiger partial charge in [-0.3, -0.25) is 0 Å². The molecular formula is C2H8ClNO5. The largest absolute Gasteiger partial charge is 0.305 e. The van der Waals surface area contributed by atoms with E-state index in [1.165, 1.54) is 0 Å². The molecule has 0 atom stereocenters. The highest BCUT2D eigenvalue weighted by molar-refractivity contribution is 3.91. The lowest BCUT2D eigenvalue weighted by atomic mass is 10.9. The lowest BCUT2D eigenvalue weighted by Crippen LogP contribution is -2.58. The summed E-state index contributed by atoms with van der Waals surface area (Å²) in [6.45, 7) is 2.43. The fourth-order valence-corrected chi connectivity index (χ4v) is 0. The first kappa shape index (κ1) is 11.8. The first-order valence-corrected chi connectivity index (χ1v) is 3.13. The van der Waals surface area contributed by atoms with Crippen molar-refractivity contribution in [1.29, 1.82) is 0 Å². The molecule has 3 N–H and O–H groups in total. The summed E-state index contributed by atoms with van der Waals surface area (Å²) in [4.78, 5) is 4.04. The summed E-state index contributed by atoms with van der Waals surface area (Å²) < 4.78 is 32.7. The van der Waals surface area contributed by atoms with Crippen molar-refractivity contribution in [1.82, 2.24) is 0 Å². The molecule has 0 rings (SSSR count). The third kappa shape index (κ3) is 267. The molecule has 9 heavy (non-hydrogen) atoms. The average molecular weight is 162 g/mol. The molecule has 0 amide bonds. The molecule has 0 saturated carbocycles. The zero-order chi connectivity index (χ0) is 7.91. The van der Waals surface area contributed by atoms with Crippen LogP contribution in [0.4, 0.5) is 0 Å². The van der Waals surface area contributed by atoms with Crippen LogP contribution in [0.1, 0.15) is 6.92 Å². The summed E-state index contributed by atoms with van der Waals surface area (Å²) in [6.07, 6.45) is 0. The zero-order valence-corrected chi connectivity index (χ0v) is 5.50. The van der Waals surface area contributed by atoms with Crippen LogP contribution in [0.3, 0.4) is 0 Å². The summed E-state index contributed by atoms with van der Waals surface area (Å²) in [7, 11) is -4.69. The van der Waals surface area contributed by atoms with E-state index < -0.39 is 10.2 Å². The molecule has 0 aliphatic heterocycles. The van der Waals surface area contributed by atoms with Crippen LogP contribution in [0.2, 0.25) is 0 Å². The molecule has 0 radical (unpaired) electrons. The molecule has 0 aromatic rings. The van der Waals surface area contributed by atoms with E-state index >= 15 is 0 Å². The van der Waals surface area contributed by atoms with Gasteiger partial charge in [0, 0.05) is 0 Å². The Morgan fingerprint density at radius 3 is 1.67 bits per heavy atom. The number of rotatable bonds is 1. The second-order valence-electron chi connectivity index (χ2n) is 0.851. The van der Waals surface area contributed by atoms with Crippen molar-refractivity contribution >= 4 is 0 Å². The van der Waals surface area contributed by atoms with Gasteiger partial charge >= 0.3 is 0 Å². The summed E-state index contributed by atoms with van der Waals surface area (Å²) in [5, 5.41) is 0. The van der Waals surface area contributed by atoms with Crippen LogP contribution in [0.5, 0.6) is 0 Å². The fourth-order valence-electron chi connectivity index (χ4n) is 0. The second kappa shape index (κ2) is 6.17. The summed E-state index contributed by atoms with van der Waals surface area (Å²) in [5.41, 5.74) is 0. The summed E-state index contributed by atoms with van der Waals surface area (Å²) in [6, 6.07) is 0. The third-order valence-corrected chi connectivity index (χ3v) is 0.167. The second-order valence-corrected chi connectivity index (χ2v) is 1.64. The molecule has 7 heteroatoms. The molecule has 0 spiro atoms. The smallest absolute Gasteiger partial charge is 0.0777 e. The Hall–Kier alpha value is 0.0500. The van der Waals surface area contributed by atoms with E-state index in [0.717, 1.165) is 0 Å². The standard InChI is InChI=1S/C2H7NO.ClHO4/c1-2-4-3;2-1(3,4)5/h2-3H2,1H3;(H,2,3,4,5). The normalized spacial score (nSPS) is 10.0. The highest BCUT2D eigenvalue weighted by atomic mass is 35.7. The van der Waals surface area contributed by atoms with Gasteiger partial charge in [-0.25, -0.2) is 5.90 Å². The number of hydrogen-bond acceptors (Lipinski definition) is 6. The van der Waals surface area contributed by atoms with Gasteiger partial charge in [-0.05, 0) is 6.92 Å². The van der Waals surface area contributed by atoms with Crippen LogP contribution in [0.15, 0.2) is 0 Å². The van der Waals surface area contributed by atoms with Crippen molar-refractivity contribution in [2.24, 2.45) is 5.90 Å². The van der Waals surface area contributed by atoms with Gasteiger partial charge in [0.1, 0.15) is 0 Å². The van der Waals surface area contributed by atoms with Crippen molar-refractivity contribution < 1.29 is 33.7 Å². The molecule has 6 nitrogen and oxygen atoms in total. The maximum absolute atomic E-state index is 8.60. The molecule has 0 aliphatic carbocycles. The van der Waals surface area contributed by atoms with Gasteiger partial charge in [-0.2, -0.15) is 14.0 Å². The van der Waals surface area contributed by atoms with Gasteiger partial charge in [0.15, 0.2) is 0 Å². The van der Waals surface area contributed by atoms with E-state index in [0.29, 0.717) is 6.61 Å². The molecule has 0 unspecified atom stereocenters. The predicted octanol–water partition coefficient (Wildman–Crippen LogP) is -4.23. The molecule has 0 bridgehead atoms. The SMILES string of the molecule is CCON.[O-][Cl+3]([O-])([O-])O. The van der Waals surface area contributed by atoms with E-state index in [1.54, 1.807) is 0 Å². The van der Waals surface area contributed by atoms with Crippen molar-refractivity contribution in [3.05, 3.63) is 0 Å². The minimum absolute atomic E-state index is 0.597. The lowest BCUT2D eigenvalue weighted by molar-refractivity contribution is -1.92. The molecule has 0 aromatic carbocycles. The van der Waals surface area contributed by atoms with Crippen LogP contribution in [-0.4, -0.2) is 11.3 Å². The molecule has 0 fully saturated rings. The maximum Gasteiger partial charge on any atom is 0.0777 e. The molecule has 58 valence electrons. The zero-order valence-electron chi connectivity index (χ0n) is 4.74. The summed E-state index contributed by atoms with van der Waals surface area (Å²) >= 11 is 0. The van der Waals surface area contributed by atoms with E-state index in [2.05, 4.69) is 10.7 Å². The highest BCUT2D eigenvalue weighted by Gasteiger charge is 1.98. The average Bonchev–Trinajstić information content (AvgIpc) is 1.61. The summed E-state index contributed by atoms with van der Waals surface area (Å²) in [5.74, 6) is 4.53. The Morgan fingerprint density at radius 2 is 1.67 bits per heavy atom. The minimum Gasteiger partial charge on any atom is -0.305 e. The van der Waals surface area contributed by atoms with Crippen LogP contribution < -0.4 is 19.9 Å². The van der Waals surface area contributed by atoms with Crippen LogP contribution in [-0.2, 0) is 4.84 Å². The van der Waals surface area contributed by atoms with Gasteiger partial charge in [0.2, 0.25) is 0 Å². The maximum atomic E-state index is 8.60. The first-order valence-electron chi connectivity index (χ1n) is 1.86. The molecule has 0 heterocycles. The van der Waals surface area contributed by atoms with Gasteiger partial charge in [0.25, 0.3) is 0 Å². The molecule has 0 saturated heterocycles. The van der Waals surface area contributed by atoms with Crippen LogP contribution >= 0.6 is 0 Å². The molecular weight excluding hydrogens is 153 g/mol. The van der Waals surface area contributed by atoms with Crippen molar-refractivity contribution in [3.8, 4) is 0 Å². The predicted molar refractivity (Wildman–Crippen MR) is 18.0 cm³/mol. The van der Waals surface area contributed by atoms with Gasteiger partial charge in [-0.15, -0.1) is 0 Å². The Balaban J connectivity index is 0. The fraction of sp³-hybridized carbons (Fsp3) is 1.00. The lowest BCUT2D eigenvalue weighted by Gasteiger charge is -2.03. The van der Waals surface area contributed by atoms with E-state index in [9.17, 15) is 0 Å². The van der Waals surface area contributed by atoms with Crippen molar-refractivity contribution in [3.63, 3.8) is 0 Å². The van der Waals surface area contributed by atoms with E-state index in [-0.39, 0.29) is 0 Å². The highest BCUT2D eigenvalue weighted by Crippen LogP contribution is 1.60. The molecule has 0 aromatic heterocycles. The molecule has 0 aliphatic rings. The monoisotopic (exact) mass is 161 g/mol. The Labute approximate surface area is 54.2 Å². The minimum atomic E-state index is -4.69. The van der Waals surface area contributed by atoms with Crippen molar-refractivity contribution in [2.45, 2.75) is 6.92 Å². The van der Waals surface area contributed by atoms with Crippen molar-refractivity contribution in [2.75, 3.05) is 6.61 Å². The first-order chi connectivity index (χ1) is 3.91. The third-order valence-electron chi connectivity index (χ3n) is 0.167. The Kier molecular flexibility index (Phi) is 8.09.